The summed E-state index contributed by atoms with van der Waals surface area (Å²) in [6.07, 6.45) is 0. The van der Waals surface area contributed by atoms with Gasteiger partial charge in [0.15, 0.2) is 11.5 Å². The standard InChI is InChI=1S/C22H17BrCl2N4O3/c1-10-18-19(13(8-26)21(27)32-22(18)29-28-10)12-6-14(23)20(17(7-12)30-2)31-9-11-3-4-15(24)16(25)5-11/h3-7,19H,9,27H2,1-2H3,(H,28,29)/t19-/m1/s1. The van der Waals surface area contributed by atoms with Crippen LogP contribution >= 0.6 is 39.1 Å². The first-order valence-electron chi connectivity index (χ1n) is 9.40. The Morgan fingerprint density at radius 2 is 2.06 bits per heavy atom. The summed E-state index contributed by atoms with van der Waals surface area (Å²) < 4.78 is 17.8. The highest BCUT2D eigenvalue weighted by Crippen LogP contribution is 2.46. The van der Waals surface area contributed by atoms with E-state index in [9.17, 15) is 5.26 Å². The van der Waals surface area contributed by atoms with Crippen molar-refractivity contribution in [3.63, 3.8) is 0 Å². The molecule has 0 bridgehead atoms. The molecule has 0 fully saturated rings. The average molecular weight is 536 g/mol. The van der Waals surface area contributed by atoms with Crippen LogP contribution in [0.25, 0.3) is 0 Å². The maximum absolute atomic E-state index is 9.76. The van der Waals surface area contributed by atoms with Crippen LogP contribution < -0.4 is 19.9 Å². The zero-order chi connectivity index (χ0) is 23.0. The first-order chi connectivity index (χ1) is 15.3. The Hall–Kier alpha value is -2.86. The summed E-state index contributed by atoms with van der Waals surface area (Å²) in [6, 6.07) is 11.1. The Labute approximate surface area is 202 Å². The van der Waals surface area contributed by atoms with Gasteiger partial charge in [0.1, 0.15) is 18.2 Å². The molecule has 0 radical (unpaired) electrons. The number of nitrogens with zero attached hydrogens (tertiary/aromatic N) is 2. The average Bonchev–Trinajstić information content (AvgIpc) is 3.13. The number of hydrogen-bond donors (Lipinski definition) is 2. The lowest BCUT2D eigenvalue weighted by atomic mass is 9.84. The van der Waals surface area contributed by atoms with Gasteiger partial charge < -0.3 is 19.9 Å². The van der Waals surface area contributed by atoms with Crippen LogP contribution in [-0.4, -0.2) is 17.3 Å². The monoisotopic (exact) mass is 534 g/mol. The van der Waals surface area contributed by atoms with E-state index in [0.29, 0.717) is 37.5 Å². The molecule has 0 unspecified atom stereocenters. The molecule has 1 atom stereocenters. The molecular formula is C22H17BrCl2N4O3. The fraction of sp³-hybridized carbons (Fsp3) is 0.182. The summed E-state index contributed by atoms with van der Waals surface area (Å²) in [5.74, 6) is 0.885. The molecule has 0 saturated carbocycles. The second-order valence-corrected chi connectivity index (χ2v) is 8.73. The number of nitrogens with one attached hydrogen (secondary N) is 1. The van der Waals surface area contributed by atoms with E-state index in [1.54, 1.807) is 19.2 Å². The molecule has 0 amide bonds. The lowest BCUT2D eigenvalue weighted by molar-refractivity contribution is 0.282. The van der Waals surface area contributed by atoms with Crippen molar-refractivity contribution in [3.8, 4) is 23.4 Å². The van der Waals surface area contributed by atoms with Gasteiger partial charge in [-0.3, -0.25) is 5.10 Å². The molecule has 10 heteroatoms. The van der Waals surface area contributed by atoms with Gasteiger partial charge in [-0.15, -0.1) is 5.10 Å². The normalized spacial score (nSPS) is 15.1. The first-order valence-corrected chi connectivity index (χ1v) is 11.0. The van der Waals surface area contributed by atoms with Gasteiger partial charge in [-0.05, 0) is 58.2 Å². The quantitative estimate of drug-likeness (QED) is 0.441. The SMILES string of the molecule is COc1cc([C@@H]2C(C#N)=C(N)Oc3n[nH]c(C)c32)cc(Br)c1OCc1ccc(Cl)c(Cl)c1. The predicted octanol–water partition coefficient (Wildman–Crippen LogP) is 5.59. The molecular weight excluding hydrogens is 519 g/mol. The smallest absolute Gasteiger partial charge is 0.244 e. The van der Waals surface area contributed by atoms with Crippen LogP contribution in [0.3, 0.4) is 0 Å². The highest BCUT2D eigenvalue weighted by Gasteiger charge is 2.35. The summed E-state index contributed by atoms with van der Waals surface area (Å²) in [5, 5.41) is 17.7. The number of nitrogens with two attached hydrogens (primary N) is 1. The van der Waals surface area contributed by atoms with Crippen LogP contribution in [-0.2, 0) is 6.61 Å². The van der Waals surface area contributed by atoms with Gasteiger partial charge in [-0.25, -0.2) is 0 Å². The summed E-state index contributed by atoms with van der Waals surface area (Å²) in [4.78, 5) is 0. The van der Waals surface area contributed by atoms with Gasteiger partial charge in [0, 0.05) is 11.3 Å². The van der Waals surface area contributed by atoms with Gasteiger partial charge in [0.05, 0.1) is 27.5 Å². The maximum Gasteiger partial charge on any atom is 0.244 e. The van der Waals surface area contributed by atoms with Crippen molar-refractivity contribution in [2.45, 2.75) is 19.4 Å². The minimum Gasteiger partial charge on any atom is -0.493 e. The van der Waals surface area contributed by atoms with Crippen LogP contribution in [0.15, 0.2) is 46.3 Å². The Kier molecular flexibility index (Phi) is 6.24. The number of allylic oxidation sites excluding steroid dienone is 1. The Bertz CT molecular complexity index is 1280. The number of aromatic nitrogens is 2. The molecule has 32 heavy (non-hydrogen) atoms. The minimum atomic E-state index is -0.475. The van der Waals surface area contributed by atoms with E-state index in [1.807, 2.05) is 25.1 Å². The zero-order valence-corrected chi connectivity index (χ0v) is 20.1. The summed E-state index contributed by atoms with van der Waals surface area (Å²) in [6.45, 7) is 2.11. The van der Waals surface area contributed by atoms with Gasteiger partial charge in [-0.1, -0.05) is 29.3 Å². The number of halogens is 3. The van der Waals surface area contributed by atoms with Crippen molar-refractivity contribution in [2.24, 2.45) is 5.73 Å². The number of methoxy groups -OCH3 is 1. The molecule has 4 rings (SSSR count). The molecule has 2 heterocycles. The maximum atomic E-state index is 9.76. The van der Waals surface area contributed by atoms with Crippen molar-refractivity contribution in [3.05, 3.63) is 78.7 Å². The molecule has 2 aromatic carbocycles. The molecule has 0 aliphatic carbocycles. The lowest BCUT2D eigenvalue weighted by Gasteiger charge is -2.25. The fourth-order valence-electron chi connectivity index (χ4n) is 3.56. The number of aromatic amines is 1. The Morgan fingerprint density at radius 3 is 2.75 bits per heavy atom. The Morgan fingerprint density at radius 1 is 1.28 bits per heavy atom. The number of nitriles is 1. The number of ether oxygens (including phenoxy) is 3. The van der Waals surface area contributed by atoms with Crippen molar-refractivity contribution < 1.29 is 14.2 Å². The van der Waals surface area contributed by atoms with Crippen LogP contribution in [0, 0.1) is 18.3 Å². The Balaban J connectivity index is 1.73. The predicted molar refractivity (Wildman–Crippen MR) is 124 cm³/mol. The summed E-state index contributed by atoms with van der Waals surface area (Å²) >= 11 is 15.7. The zero-order valence-electron chi connectivity index (χ0n) is 17.0. The number of rotatable bonds is 5. The number of H-pyrrole nitrogens is 1. The van der Waals surface area contributed by atoms with E-state index in [0.717, 1.165) is 22.4 Å². The molecule has 7 nitrogen and oxygen atoms in total. The van der Waals surface area contributed by atoms with E-state index in [1.165, 1.54) is 0 Å². The highest BCUT2D eigenvalue weighted by molar-refractivity contribution is 9.10. The van der Waals surface area contributed by atoms with Gasteiger partial charge in [0.2, 0.25) is 11.8 Å². The van der Waals surface area contributed by atoms with E-state index in [-0.39, 0.29) is 12.5 Å². The molecule has 1 aromatic heterocycles. The molecule has 3 aromatic rings. The lowest BCUT2D eigenvalue weighted by Crippen LogP contribution is -2.21. The largest absolute Gasteiger partial charge is 0.493 e. The number of fused-ring (bicyclic) bond motifs is 1. The fourth-order valence-corrected chi connectivity index (χ4v) is 4.46. The second-order valence-electron chi connectivity index (χ2n) is 7.06. The van der Waals surface area contributed by atoms with E-state index >= 15 is 0 Å². The molecule has 3 N–H and O–H groups in total. The van der Waals surface area contributed by atoms with Crippen molar-refractivity contribution in [1.29, 1.82) is 5.26 Å². The van der Waals surface area contributed by atoms with E-state index < -0.39 is 5.92 Å². The molecule has 0 spiro atoms. The third-order valence-corrected chi connectivity index (χ3v) is 6.41. The molecule has 164 valence electrons. The minimum absolute atomic E-state index is 0.0199. The van der Waals surface area contributed by atoms with Crippen LogP contribution in [0.5, 0.6) is 17.4 Å². The highest BCUT2D eigenvalue weighted by atomic mass is 79.9. The summed E-state index contributed by atoms with van der Waals surface area (Å²) in [5.41, 5.74) is 9.44. The van der Waals surface area contributed by atoms with E-state index in [4.69, 9.17) is 43.1 Å². The molecule has 1 aliphatic rings. The van der Waals surface area contributed by atoms with Crippen molar-refractivity contribution >= 4 is 39.1 Å². The van der Waals surface area contributed by atoms with Crippen molar-refractivity contribution in [1.82, 2.24) is 10.2 Å². The van der Waals surface area contributed by atoms with E-state index in [2.05, 4.69) is 32.2 Å². The third-order valence-electron chi connectivity index (χ3n) is 5.08. The third kappa shape index (κ3) is 3.99. The van der Waals surface area contributed by atoms with Gasteiger partial charge in [0.25, 0.3) is 0 Å². The van der Waals surface area contributed by atoms with Crippen LogP contribution in [0.2, 0.25) is 10.0 Å². The van der Waals surface area contributed by atoms with Gasteiger partial charge >= 0.3 is 0 Å². The topological polar surface area (TPSA) is 106 Å². The van der Waals surface area contributed by atoms with Gasteiger partial charge in [-0.2, -0.15) is 5.26 Å². The van der Waals surface area contributed by atoms with Crippen LogP contribution in [0.4, 0.5) is 0 Å². The second kappa shape index (κ2) is 8.94. The number of aryl methyl sites for hydroxylation is 1. The molecule has 0 saturated heterocycles. The molecule has 1 aliphatic heterocycles. The first kappa shape index (κ1) is 22.3. The summed E-state index contributed by atoms with van der Waals surface area (Å²) in [7, 11) is 1.55. The number of hydrogen-bond acceptors (Lipinski definition) is 6. The van der Waals surface area contributed by atoms with Crippen LogP contribution in [0.1, 0.15) is 28.3 Å². The van der Waals surface area contributed by atoms with Crippen molar-refractivity contribution in [2.75, 3.05) is 7.11 Å². The number of benzene rings is 2.